The van der Waals surface area contributed by atoms with Gasteiger partial charge in [-0.2, -0.15) is 0 Å². The van der Waals surface area contributed by atoms with Crippen molar-refractivity contribution in [2.45, 2.75) is 19.8 Å². The zero-order valence-corrected chi connectivity index (χ0v) is 14.0. The number of carbonyl (C=O) groups excluding carboxylic acids is 2. The fraction of sp³-hybridized carbons (Fsp3) is 0.176. The molecule has 0 saturated carbocycles. The average molecular weight is 364 g/mol. The van der Waals surface area contributed by atoms with Gasteiger partial charge in [0.25, 0.3) is 5.69 Å². The first-order valence-electron chi connectivity index (χ1n) is 7.38. The fourth-order valence-corrected chi connectivity index (χ4v) is 2.16. The standard InChI is InChI=1S/C17H14ClNO6/c1-2-3-16(20)25-24-15-9-6-12(10-14(15)18)17(21)11-4-7-13(8-5-11)19(22)23/h4-10H,2-3H2,1H3. The number of nitro benzene ring substituents is 1. The summed E-state index contributed by atoms with van der Waals surface area (Å²) in [6, 6.07) is 9.46. The number of nitro groups is 1. The van der Waals surface area contributed by atoms with Crippen LogP contribution < -0.4 is 4.89 Å². The first-order chi connectivity index (χ1) is 11.9. The smallest absolute Gasteiger partial charge is 0.289 e. The lowest BCUT2D eigenvalue weighted by Crippen LogP contribution is -2.08. The Labute approximate surface area is 148 Å². The van der Waals surface area contributed by atoms with E-state index in [9.17, 15) is 19.7 Å². The molecule has 0 heterocycles. The monoisotopic (exact) mass is 363 g/mol. The third-order valence-corrected chi connectivity index (χ3v) is 3.51. The molecule has 0 aliphatic rings. The van der Waals surface area contributed by atoms with Crippen molar-refractivity contribution in [1.29, 1.82) is 0 Å². The van der Waals surface area contributed by atoms with Gasteiger partial charge in [0.1, 0.15) is 0 Å². The number of carbonyl (C=O) groups is 2. The molecular weight excluding hydrogens is 350 g/mol. The summed E-state index contributed by atoms with van der Waals surface area (Å²) >= 11 is 6.03. The predicted octanol–water partition coefficient (Wildman–Crippen LogP) is 4.12. The van der Waals surface area contributed by atoms with Crippen LogP contribution in [0, 0.1) is 10.1 Å². The summed E-state index contributed by atoms with van der Waals surface area (Å²) in [6.45, 7) is 1.83. The van der Waals surface area contributed by atoms with Gasteiger partial charge in [-0.15, -0.1) is 0 Å². The quantitative estimate of drug-likeness (QED) is 0.318. The van der Waals surface area contributed by atoms with Crippen molar-refractivity contribution < 1.29 is 24.3 Å². The zero-order chi connectivity index (χ0) is 18.4. The van der Waals surface area contributed by atoms with Crippen LogP contribution in [0.1, 0.15) is 35.7 Å². The molecule has 0 atom stereocenters. The maximum Gasteiger partial charge on any atom is 0.355 e. The minimum atomic E-state index is -0.545. The molecule has 0 aliphatic heterocycles. The number of halogens is 1. The minimum absolute atomic E-state index is 0.0945. The van der Waals surface area contributed by atoms with E-state index in [-0.39, 0.29) is 39.8 Å². The molecule has 0 radical (unpaired) electrons. The van der Waals surface area contributed by atoms with E-state index < -0.39 is 10.9 Å². The van der Waals surface area contributed by atoms with Gasteiger partial charge < -0.3 is 0 Å². The number of non-ortho nitro benzene ring substituents is 1. The molecule has 130 valence electrons. The van der Waals surface area contributed by atoms with E-state index in [2.05, 4.69) is 4.89 Å². The van der Waals surface area contributed by atoms with Crippen LogP contribution in [-0.2, 0) is 9.68 Å². The summed E-state index contributed by atoms with van der Waals surface area (Å²) in [7, 11) is 0. The number of hydrogen-bond acceptors (Lipinski definition) is 6. The zero-order valence-electron chi connectivity index (χ0n) is 13.2. The molecule has 2 aromatic carbocycles. The lowest BCUT2D eigenvalue weighted by Gasteiger charge is -2.07. The van der Waals surface area contributed by atoms with E-state index >= 15 is 0 Å². The highest BCUT2D eigenvalue weighted by molar-refractivity contribution is 6.32. The SMILES string of the molecule is CCCC(=O)OOc1ccc(C(=O)c2ccc([N+](=O)[O-])cc2)cc1Cl. The molecule has 25 heavy (non-hydrogen) atoms. The van der Waals surface area contributed by atoms with E-state index in [1.165, 1.54) is 42.5 Å². The predicted molar refractivity (Wildman–Crippen MR) is 89.6 cm³/mol. The summed E-state index contributed by atoms with van der Waals surface area (Å²) < 4.78 is 0. The molecule has 2 rings (SSSR count). The van der Waals surface area contributed by atoms with Crippen LogP contribution >= 0.6 is 11.6 Å². The van der Waals surface area contributed by atoms with Crippen molar-refractivity contribution in [2.24, 2.45) is 0 Å². The van der Waals surface area contributed by atoms with E-state index in [0.717, 1.165) is 0 Å². The van der Waals surface area contributed by atoms with Gasteiger partial charge in [-0.1, -0.05) is 18.5 Å². The third-order valence-electron chi connectivity index (χ3n) is 3.21. The first-order valence-corrected chi connectivity index (χ1v) is 7.76. The van der Waals surface area contributed by atoms with Crippen molar-refractivity contribution >= 4 is 29.0 Å². The molecule has 0 aliphatic carbocycles. The maximum absolute atomic E-state index is 12.4. The van der Waals surface area contributed by atoms with Crippen LogP contribution in [0.2, 0.25) is 5.02 Å². The summed E-state index contributed by atoms with van der Waals surface area (Å²) in [5.74, 6) is -0.776. The molecule has 7 nitrogen and oxygen atoms in total. The lowest BCUT2D eigenvalue weighted by atomic mass is 10.0. The Hall–Kier alpha value is -2.93. The topological polar surface area (TPSA) is 95.7 Å². The average Bonchev–Trinajstić information content (AvgIpc) is 2.60. The lowest BCUT2D eigenvalue weighted by molar-refractivity contribution is -0.384. The van der Waals surface area contributed by atoms with Crippen LogP contribution in [-0.4, -0.2) is 16.7 Å². The van der Waals surface area contributed by atoms with Crippen molar-refractivity contribution in [1.82, 2.24) is 0 Å². The van der Waals surface area contributed by atoms with Crippen molar-refractivity contribution in [2.75, 3.05) is 0 Å². The van der Waals surface area contributed by atoms with Crippen molar-refractivity contribution in [3.8, 4) is 5.75 Å². The molecule has 0 aromatic heterocycles. The third kappa shape index (κ3) is 4.77. The molecule has 0 fully saturated rings. The minimum Gasteiger partial charge on any atom is -0.289 e. The number of ketones is 1. The number of rotatable bonds is 7. The molecule has 0 saturated heterocycles. The largest absolute Gasteiger partial charge is 0.355 e. The fourth-order valence-electron chi connectivity index (χ4n) is 1.95. The number of hydrogen-bond donors (Lipinski definition) is 0. The van der Waals surface area contributed by atoms with Gasteiger partial charge in [0, 0.05) is 29.7 Å². The number of benzene rings is 2. The van der Waals surface area contributed by atoms with Gasteiger partial charge in [-0.25, -0.2) is 4.79 Å². The van der Waals surface area contributed by atoms with Gasteiger partial charge >= 0.3 is 5.97 Å². The van der Waals surface area contributed by atoms with Crippen LogP contribution in [0.5, 0.6) is 5.75 Å². The summed E-state index contributed by atoms with van der Waals surface area (Å²) in [4.78, 5) is 43.2. The Morgan fingerprint density at radius 2 is 1.76 bits per heavy atom. The second kappa shape index (κ2) is 8.25. The van der Waals surface area contributed by atoms with E-state index in [0.29, 0.717) is 6.42 Å². The maximum atomic E-state index is 12.4. The highest BCUT2D eigenvalue weighted by Gasteiger charge is 2.15. The Bertz CT molecular complexity index is 803. The molecule has 2 aromatic rings. The van der Waals surface area contributed by atoms with Crippen molar-refractivity contribution in [3.05, 3.63) is 68.7 Å². The Kier molecular flexibility index (Phi) is 6.08. The molecular formula is C17H14ClNO6. The van der Waals surface area contributed by atoms with Crippen LogP contribution in [0.4, 0.5) is 5.69 Å². The van der Waals surface area contributed by atoms with Gasteiger partial charge in [0.2, 0.25) is 0 Å². The summed E-state index contributed by atoms with van der Waals surface area (Å²) in [5.41, 5.74) is 0.447. The Balaban J connectivity index is 2.12. The van der Waals surface area contributed by atoms with E-state index in [4.69, 9.17) is 16.5 Å². The highest BCUT2D eigenvalue weighted by Crippen LogP contribution is 2.27. The molecule has 0 unspecified atom stereocenters. The molecule has 0 amide bonds. The van der Waals surface area contributed by atoms with Crippen LogP contribution in [0.3, 0.4) is 0 Å². The van der Waals surface area contributed by atoms with Gasteiger partial charge in [0.05, 0.1) is 9.95 Å². The Morgan fingerprint density at radius 3 is 2.32 bits per heavy atom. The van der Waals surface area contributed by atoms with E-state index in [1.807, 2.05) is 6.92 Å². The molecule has 0 spiro atoms. The summed E-state index contributed by atoms with van der Waals surface area (Å²) in [6.07, 6.45) is 0.840. The highest BCUT2D eigenvalue weighted by atomic mass is 35.5. The van der Waals surface area contributed by atoms with Crippen LogP contribution in [0.15, 0.2) is 42.5 Å². The van der Waals surface area contributed by atoms with Gasteiger partial charge in [-0.05, 0) is 36.8 Å². The first kappa shape index (κ1) is 18.4. The molecule has 0 N–H and O–H groups in total. The normalized spacial score (nSPS) is 10.2. The molecule has 8 heteroatoms. The molecule has 0 bridgehead atoms. The second-order valence-electron chi connectivity index (χ2n) is 5.07. The van der Waals surface area contributed by atoms with Gasteiger partial charge in [-0.3, -0.25) is 24.7 Å². The summed E-state index contributed by atoms with van der Waals surface area (Å²) in [5, 5.41) is 10.7. The second-order valence-corrected chi connectivity index (χ2v) is 5.47. The van der Waals surface area contributed by atoms with Crippen LogP contribution in [0.25, 0.3) is 0 Å². The number of nitrogens with zero attached hydrogens (tertiary/aromatic N) is 1. The Morgan fingerprint density at radius 1 is 1.12 bits per heavy atom. The van der Waals surface area contributed by atoms with Crippen molar-refractivity contribution in [3.63, 3.8) is 0 Å². The van der Waals surface area contributed by atoms with Gasteiger partial charge in [0.15, 0.2) is 11.5 Å². The van der Waals surface area contributed by atoms with E-state index in [1.54, 1.807) is 0 Å².